The first kappa shape index (κ1) is 17.8. The van der Waals surface area contributed by atoms with Gasteiger partial charge in [0.15, 0.2) is 0 Å². The number of ether oxygens (including phenoxy) is 2. The number of hydrogen-bond donors (Lipinski definition) is 0. The number of benzene rings is 2. The molecule has 0 aromatic heterocycles. The van der Waals surface area contributed by atoms with Crippen LogP contribution in [0, 0.1) is 6.92 Å². The Kier molecular flexibility index (Phi) is 5.41. The van der Waals surface area contributed by atoms with Crippen molar-refractivity contribution in [2.45, 2.75) is 6.92 Å². The summed E-state index contributed by atoms with van der Waals surface area (Å²) in [6.07, 6.45) is -0.392. The fourth-order valence-corrected chi connectivity index (χ4v) is 2.91. The van der Waals surface area contributed by atoms with Crippen molar-refractivity contribution in [1.82, 2.24) is 9.80 Å². The van der Waals surface area contributed by atoms with Crippen molar-refractivity contribution >= 4 is 12.0 Å². The van der Waals surface area contributed by atoms with Crippen molar-refractivity contribution in [3.8, 4) is 11.5 Å². The quantitative estimate of drug-likeness (QED) is 0.850. The molecule has 0 N–H and O–H groups in total. The number of nitrogens with zero attached hydrogens (tertiary/aromatic N) is 2. The van der Waals surface area contributed by atoms with Crippen LogP contribution in [0.15, 0.2) is 48.5 Å². The second-order valence-electron chi connectivity index (χ2n) is 6.16. The maximum absolute atomic E-state index is 12.8. The lowest BCUT2D eigenvalue weighted by atomic mass is 10.1. The van der Waals surface area contributed by atoms with Crippen LogP contribution in [-0.4, -0.2) is 55.1 Å². The number of carbonyl (C=O) groups is 2. The monoisotopic (exact) mass is 354 g/mol. The van der Waals surface area contributed by atoms with Crippen molar-refractivity contribution in [2.24, 2.45) is 0 Å². The SMILES string of the molecule is COc1ccc(C)cc1C(=O)N1CCN(C(=O)Oc2ccccc2)CC1. The Morgan fingerprint density at radius 1 is 0.923 bits per heavy atom. The van der Waals surface area contributed by atoms with Gasteiger partial charge in [0.1, 0.15) is 11.5 Å². The zero-order valence-electron chi connectivity index (χ0n) is 15.0. The highest BCUT2D eigenvalue weighted by atomic mass is 16.6. The largest absolute Gasteiger partial charge is 0.496 e. The summed E-state index contributed by atoms with van der Waals surface area (Å²) < 4.78 is 10.7. The molecule has 0 radical (unpaired) electrons. The highest BCUT2D eigenvalue weighted by Crippen LogP contribution is 2.22. The van der Waals surface area contributed by atoms with Gasteiger partial charge in [-0.05, 0) is 31.2 Å². The Labute approximate surface area is 152 Å². The molecule has 0 unspecified atom stereocenters. The fraction of sp³-hybridized carbons (Fsp3) is 0.300. The van der Waals surface area contributed by atoms with E-state index in [1.165, 1.54) is 0 Å². The van der Waals surface area contributed by atoms with E-state index in [-0.39, 0.29) is 5.91 Å². The number of amides is 2. The molecule has 2 aromatic rings. The van der Waals surface area contributed by atoms with Gasteiger partial charge in [-0.2, -0.15) is 0 Å². The van der Waals surface area contributed by atoms with E-state index in [0.29, 0.717) is 43.2 Å². The minimum absolute atomic E-state index is 0.0818. The van der Waals surface area contributed by atoms with Crippen LogP contribution in [0.4, 0.5) is 4.79 Å². The predicted molar refractivity (Wildman–Crippen MR) is 97.7 cm³/mol. The fourth-order valence-electron chi connectivity index (χ4n) is 2.91. The molecule has 1 heterocycles. The molecule has 6 heteroatoms. The van der Waals surface area contributed by atoms with Crippen molar-refractivity contribution in [3.63, 3.8) is 0 Å². The first-order chi connectivity index (χ1) is 12.6. The highest BCUT2D eigenvalue weighted by molar-refractivity contribution is 5.97. The van der Waals surface area contributed by atoms with Gasteiger partial charge in [-0.25, -0.2) is 4.79 Å². The number of aryl methyl sites for hydroxylation is 1. The van der Waals surface area contributed by atoms with E-state index in [4.69, 9.17) is 9.47 Å². The minimum atomic E-state index is -0.392. The first-order valence-corrected chi connectivity index (χ1v) is 8.54. The maximum Gasteiger partial charge on any atom is 0.415 e. The van der Waals surface area contributed by atoms with E-state index in [2.05, 4.69) is 0 Å². The standard InChI is InChI=1S/C20H22N2O4/c1-15-8-9-18(25-2)17(14-15)19(23)21-10-12-22(13-11-21)20(24)26-16-6-4-3-5-7-16/h3-9,14H,10-13H2,1-2H3. The summed E-state index contributed by atoms with van der Waals surface area (Å²) in [5, 5.41) is 0. The van der Waals surface area contributed by atoms with Crippen LogP contribution in [0.5, 0.6) is 11.5 Å². The normalized spacial score (nSPS) is 14.1. The third kappa shape index (κ3) is 3.96. The molecule has 0 bridgehead atoms. The number of methoxy groups -OCH3 is 1. The summed E-state index contributed by atoms with van der Waals surface area (Å²) in [6, 6.07) is 14.5. The zero-order valence-corrected chi connectivity index (χ0v) is 15.0. The topological polar surface area (TPSA) is 59.1 Å². The van der Waals surface area contributed by atoms with E-state index in [9.17, 15) is 9.59 Å². The molecule has 0 atom stereocenters. The number of piperazine rings is 1. The molecular weight excluding hydrogens is 332 g/mol. The summed E-state index contributed by atoms with van der Waals surface area (Å²) in [6.45, 7) is 3.73. The van der Waals surface area contributed by atoms with Crippen molar-refractivity contribution in [3.05, 3.63) is 59.7 Å². The van der Waals surface area contributed by atoms with E-state index in [0.717, 1.165) is 5.56 Å². The molecule has 0 aliphatic carbocycles. The Hall–Kier alpha value is -3.02. The molecule has 6 nitrogen and oxygen atoms in total. The molecule has 0 spiro atoms. The van der Waals surface area contributed by atoms with Crippen molar-refractivity contribution in [2.75, 3.05) is 33.3 Å². The van der Waals surface area contributed by atoms with E-state index >= 15 is 0 Å². The minimum Gasteiger partial charge on any atom is -0.496 e. The van der Waals surface area contributed by atoms with E-state index < -0.39 is 6.09 Å². The molecule has 3 rings (SSSR count). The third-order valence-electron chi connectivity index (χ3n) is 4.36. The van der Waals surface area contributed by atoms with Gasteiger partial charge in [-0.3, -0.25) is 4.79 Å². The van der Waals surface area contributed by atoms with Crippen LogP contribution in [0.25, 0.3) is 0 Å². The number of rotatable bonds is 3. The smallest absolute Gasteiger partial charge is 0.415 e. The lowest BCUT2D eigenvalue weighted by Crippen LogP contribution is -2.51. The first-order valence-electron chi connectivity index (χ1n) is 8.54. The van der Waals surface area contributed by atoms with Crippen LogP contribution in [-0.2, 0) is 0 Å². The Bertz CT molecular complexity index is 784. The summed E-state index contributed by atoms with van der Waals surface area (Å²) in [4.78, 5) is 28.4. The van der Waals surface area contributed by atoms with Gasteiger partial charge in [0.05, 0.1) is 12.7 Å². The second kappa shape index (κ2) is 7.91. The number of para-hydroxylation sites is 1. The lowest BCUT2D eigenvalue weighted by molar-refractivity contribution is 0.0630. The molecule has 2 aromatic carbocycles. The van der Waals surface area contributed by atoms with Crippen LogP contribution in [0.1, 0.15) is 15.9 Å². The number of hydrogen-bond acceptors (Lipinski definition) is 4. The van der Waals surface area contributed by atoms with Gasteiger partial charge < -0.3 is 19.3 Å². The van der Waals surface area contributed by atoms with Crippen molar-refractivity contribution in [1.29, 1.82) is 0 Å². The van der Waals surface area contributed by atoms with Gasteiger partial charge in [0.2, 0.25) is 0 Å². The Morgan fingerprint density at radius 2 is 1.58 bits per heavy atom. The second-order valence-corrected chi connectivity index (χ2v) is 6.16. The number of carbonyl (C=O) groups excluding carboxylic acids is 2. The molecular formula is C20H22N2O4. The average molecular weight is 354 g/mol. The molecule has 136 valence electrons. The van der Waals surface area contributed by atoms with Gasteiger partial charge in [-0.15, -0.1) is 0 Å². The van der Waals surface area contributed by atoms with Gasteiger partial charge >= 0.3 is 6.09 Å². The van der Waals surface area contributed by atoms with Crippen molar-refractivity contribution < 1.29 is 19.1 Å². The van der Waals surface area contributed by atoms with Gasteiger partial charge in [-0.1, -0.05) is 29.8 Å². The molecule has 1 aliphatic rings. The highest BCUT2D eigenvalue weighted by Gasteiger charge is 2.27. The summed E-state index contributed by atoms with van der Waals surface area (Å²) in [5.41, 5.74) is 1.55. The molecule has 1 saturated heterocycles. The maximum atomic E-state index is 12.8. The van der Waals surface area contributed by atoms with E-state index in [1.807, 2.05) is 37.3 Å². The van der Waals surface area contributed by atoms with E-state index in [1.54, 1.807) is 35.1 Å². The van der Waals surface area contributed by atoms with Crippen LogP contribution in [0.3, 0.4) is 0 Å². The summed E-state index contributed by atoms with van der Waals surface area (Å²) >= 11 is 0. The predicted octanol–water partition coefficient (Wildman–Crippen LogP) is 2.96. The Balaban J connectivity index is 1.60. The third-order valence-corrected chi connectivity index (χ3v) is 4.36. The Morgan fingerprint density at radius 3 is 2.23 bits per heavy atom. The van der Waals surface area contributed by atoms with Gasteiger partial charge in [0, 0.05) is 26.2 Å². The van der Waals surface area contributed by atoms with Gasteiger partial charge in [0.25, 0.3) is 5.91 Å². The lowest BCUT2D eigenvalue weighted by Gasteiger charge is -2.34. The molecule has 1 fully saturated rings. The van der Waals surface area contributed by atoms with Crippen LogP contribution in [0.2, 0.25) is 0 Å². The molecule has 2 amide bonds. The average Bonchev–Trinajstić information content (AvgIpc) is 2.68. The summed E-state index contributed by atoms with van der Waals surface area (Å²) in [7, 11) is 1.55. The molecule has 26 heavy (non-hydrogen) atoms. The van der Waals surface area contributed by atoms with Crippen LogP contribution >= 0.6 is 0 Å². The van der Waals surface area contributed by atoms with Crippen LogP contribution < -0.4 is 9.47 Å². The molecule has 1 aliphatic heterocycles. The zero-order chi connectivity index (χ0) is 18.5. The molecule has 0 saturated carbocycles. The summed E-state index contributed by atoms with van der Waals surface area (Å²) in [5.74, 6) is 0.994.